The molecule has 20 heavy (non-hydrogen) atoms. The van der Waals surface area contributed by atoms with Crippen molar-refractivity contribution in [2.24, 2.45) is 10.7 Å². The molecule has 0 unspecified atom stereocenters. The average molecular weight is 287 g/mol. The summed E-state index contributed by atoms with van der Waals surface area (Å²) in [5.41, 5.74) is 8.74. The molecule has 0 saturated carbocycles. The highest BCUT2D eigenvalue weighted by Gasteiger charge is 2.45. The van der Waals surface area contributed by atoms with Gasteiger partial charge in [0.05, 0.1) is 6.61 Å². The molecule has 0 fully saturated rings. The van der Waals surface area contributed by atoms with Crippen LogP contribution < -0.4 is 11.5 Å². The van der Waals surface area contributed by atoms with Gasteiger partial charge in [0.15, 0.2) is 5.60 Å². The van der Waals surface area contributed by atoms with Crippen molar-refractivity contribution >= 4 is 11.5 Å². The van der Waals surface area contributed by atoms with E-state index in [1.54, 1.807) is 6.92 Å². The van der Waals surface area contributed by atoms with Crippen molar-refractivity contribution in [3.05, 3.63) is 29.6 Å². The number of hydrogen-bond donors (Lipinski definition) is 2. The number of aliphatic imine (C=N–C) groups is 1. The van der Waals surface area contributed by atoms with E-state index in [-0.39, 0.29) is 18.0 Å². The lowest BCUT2D eigenvalue weighted by Gasteiger charge is -2.39. The second-order valence-electron chi connectivity index (χ2n) is 5.06. The lowest BCUT2D eigenvalue weighted by Crippen LogP contribution is -2.56. The smallest absolute Gasteiger partial charge is 0.181 e. The maximum absolute atomic E-state index is 13.9. The largest absolute Gasteiger partial charge is 0.399 e. The first-order valence-corrected chi connectivity index (χ1v) is 6.04. The number of rotatable bonds is 3. The van der Waals surface area contributed by atoms with Crippen LogP contribution in [0.15, 0.2) is 23.2 Å². The van der Waals surface area contributed by atoms with E-state index in [1.807, 2.05) is 0 Å². The van der Waals surface area contributed by atoms with Crippen molar-refractivity contribution < 1.29 is 17.9 Å². The van der Waals surface area contributed by atoms with E-state index in [2.05, 4.69) is 4.99 Å². The van der Waals surface area contributed by atoms with Crippen LogP contribution in [0.4, 0.5) is 18.9 Å². The minimum absolute atomic E-state index is 0.173. The van der Waals surface area contributed by atoms with Crippen molar-refractivity contribution in [3.63, 3.8) is 0 Å². The van der Waals surface area contributed by atoms with Crippen LogP contribution in [0.1, 0.15) is 12.5 Å². The fraction of sp³-hybridized carbons (Fsp3) is 0.462. The Morgan fingerprint density at radius 3 is 2.50 bits per heavy atom. The molecule has 4 nitrogen and oxygen atoms in total. The minimum Gasteiger partial charge on any atom is -0.399 e. The van der Waals surface area contributed by atoms with Crippen LogP contribution in [0, 0.1) is 5.82 Å². The van der Waals surface area contributed by atoms with Crippen LogP contribution in [0.5, 0.6) is 0 Å². The average Bonchev–Trinajstić information content (AvgIpc) is 2.42. The summed E-state index contributed by atoms with van der Waals surface area (Å²) < 4.78 is 45.1. The fourth-order valence-electron chi connectivity index (χ4n) is 2.10. The summed E-state index contributed by atoms with van der Waals surface area (Å²) in [5.74, 6) is -0.854. The van der Waals surface area contributed by atoms with Gasteiger partial charge in [-0.2, -0.15) is 0 Å². The van der Waals surface area contributed by atoms with E-state index in [0.29, 0.717) is 5.69 Å². The number of hydrogen-bond acceptors (Lipinski definition) is 4. The van der Waals surface area contributed by atoms with Crippen molar-refractivity contribution in [1.29, 1.82) is 0 Å². The maximum atomic E-state index is 13.9. The van der Waals surface area contributed by atoms with Crippen LogP contribution in [-0.2, 0) is 10.3 Å². The highest BCUT2D eigenvalue weighted by Crippen LogP contribution is 2.35. The second-order valence-corrected chi connectivity index (χ2v) is 5.06. The van der Waals surface area contributed by atoms with Crippen LogP contribution in [0.2, 0.25) is 0 Å². The van der Waals surface area contributed by atoms with Gasteiger partial charge >= 0.3 is 0 Å². The summed E-state index contributed by atoms with van der Waals surface area (Å²) in [5, 5.41) is 0. The molecule has 1 atom stereocenters. The molecule has 0 spiro atoms. The molecule has 1 heterocycles. The molecule has 4 N–H and O–H groups in total. The van der Waals surface area contributed by atoms with Gasteiger partial charge < -0.3 is 16.2 Å². The zero-order valence-corrected chi connectivity index (χ0v) is 11.0. The van der Waals surface area contributed by atoms with Gasteiger partial charge in [-0.15, -0.1) is 0 Å². The Hall–Kier alpha value is -1.76. The van der Waals surface area contributed by atoms with Crippen LogP contribution >= 0.6 is 0 Å². The number of ether oxygens (including phenoxy) is 1. The fourth-order valence-corrected chi connectivity index (χ4v) is 2.10. The number of benzene rings is 1. The predicted octanol–water partition coefficient (Wildman–Crippen LogP) is 1.69. The second kappa shape index (κ2) is 4.97. The first-order valence-electron chi connectivity index (χ1n) is 6.04. The van der Waals surface area contributed by atoms with E-state index >= 15 is 0 Å². The van der Waals surface area contributed by atoms with Gasteiger partial charge in [0.25, 0.3) is 0 Å². The van der Waals surface area contributed by atoms with Gasteiger partial charge in [0.2, 0.25) is 0 Å². The zero-order valence-electron chi connectivity index (χ0n) is 11.0. The van der Waals surface area contributed by atoms with Gasteiger partial charge in [0, 0.05) is 11.3 Å². The van der Waals surface area contributed by atoms with Gasteiger partial charge in [-0.3, -0.25) is 4.99 Å². The Bertz CT molecular complexity index is 546. The first kappa shape index (κ1) is 14.6. The summed E-state index contributed by atoms with van der Waals surface area (Å²) in [6, 6.07) is 4.02. The van der Waals surface area contributed by atoms with Crippen molar-refractivity contribution in [2.45, 2.75) is 18.1 Å². The first-order chi connectivity index (χ1) is 9.37. The van der Waals surface area contributed by atoms with Crippen molar-refractivity contribution in [1.82, 2.24) is 0 Å². The Kier molecular flexibility index (Phi) is 3.64. The molecular formula is C13H16F3N3O. The number of nitrogens with two attached hydrogens (primary N) is 2. The lowest BCUT2D eigenvalue weighted by atomic mass is 9.89. The molecule has 0 saturated heterocycles. The van der Waals surface area contributed by atoms with E-state index in [4.69, 9.17) is 16.2 Å². The third-order valence-electron chi connectivity index (χ3n) is 3.47. The van der Waals surface area contributed by atoms with E-state index in [9.17, 15) is 13.2 Å². The highest BCUT2D eigenvalue weighted by atomic mass is 19.1. The Morgan fingerprint density at radius 2 is 1.95 bits per heavy atom. The molecular weight excluding hydrogens is 271 g/mol. The predicted molar refractivity (Wildman–Crippen MR) is 70.4 cm³/mol. The Balaban J connectivity index is 2.48. The van der Waals surface area contributed by atoms with Gasteiger partial charge in [-0.05, 0) is 25.1 Å². The zero-order chi connectivity index (χ0) is 15.0. The molecule has 110 valence electrons. The minimum atomic E-state index is -1.86. The number of nitrogen functional groups attached to an aromatic ring is 1. The van der Waals surface area contributed by atoms with Crippen molar-refractivity contribution in [2.75, 3.05) is 25.7 Å². The summed E-state index contributed by atoms with van der Waals surface area (Å²) >= 11 is 0. The molecule has 0 bridgehead atoms. The molecule has 0 aromatic heterocycles. The van der Waals surface area contributed by atoms with Gasteiger partial charge in [-0.25, -0.2) is 13.2 Å². The SMILES string of the molecule is C[C@@]1(c2cc(N)ccc2F)COC(CF)(CF)C(N)=N1. The Morgan fingerprint density at radius 1 is 1.30 bits per heavy atom. The summed E-state index contributed by atoms with van der Waals surface area (Å²) in [6.07, 6.45) is 0. The maximum Gasteiger partial charge on any atom is 0.181 e. The Labute approximate surface area is 114 Å². The van der Waals surface area contributed by atoms with Gasteiger partial charge in [0.1, 0.15) is 30.5 Å². The number of halogens is 3. The quantitative estimate of drug-likeness (QED) is 0.831. The topological polar surface area (TPSA) is 73.6 Å². The lowest BCUT2D eigenvalue weighted by molar-refractivity contribution is -0.0575. The number of nitrogens with zero attached hydrogens (tertiary/aromatic N) is 1. The summed E-state index contributed by atoms with van der Waals surface area (Å²) in [6.45, 7) is -0.886. The van der Waals surface area contributed by atoms with E-state index in [1.165, 1.54) is 18.2 Å². The van der Waals surface area contributed by atoms with Crippen LogP contribution in [-0.4, -0.2) is 31.4 Å². The molecule has 2 rings (SSSR count). The third-order valence-corrected chi connectivity index (χ3v) is 3.47. The standard InChI is InChI=1S/C13H16F3N3O/c1-12(9-4-8(17)2-3-10(9)16)7-20-13(5-14,6-15)11(18)19-12/h2-4H,5-7,17H2,1H3,(H2,18,19)/t12-/m0/s1. The number of alkyl halides is 2. The van der Waals surface area contributed by atoms with Crippen molar-refractivity contribution in [3.8, 4) is 0 Å². The number of anilines is 1. The monoisotopic (exact) mass is 287 g/mol. The van der Waals surface area contributed by atoms with E-state index in [0.717, 1.165) is 0 Å². The molecule has 1 aromatic carbocycles. The summed E-state index contributed by atoms with van der Waals surface area (Å²) in [4.78, 5) is 4.08. The molecule has 0 radical (unpaired) electrons. The van der Waals surface area contributed by atoms with Crippen LogP contribution in [0.3, 0.4) is 0 Å². The third kappa shape index (κ3) is 2.22. The normalized spacial score (nSPS) is 25.3. The molecule has 1 aliphatic heterocycles. The molecule has 7 heteroatoms. The molecule has 0 aliphatic carbocycles. The summed E-state index contributed by atoms with van der Waals surface area (Å²) in [7, 11) is 0. The molecule has 1 aromatic rings. The highest BCUT2D eigenvalue weighted by molar-refractivity contribution is 5.90. The van der Waals surface area contributed by atoms with E-state index < -0.39 is 30.3 Å². The van der Waals surface area contributed by atoms with Crippen LogP contribution in [0.25, 0.3) is 0 Å². The van der Waals surface area contributed by atoms with Gasteiger partial charge in [-0.1, -0.05) is 0 Å². The molecule has 1 aliphatic rings. The number of amidine groups is 1. The molecule has 0 amide bonds.